The van der Waals surface area contributed by atoms with Crippen LogP contribution in [0, 0.1) is 6.92 Å². The van der Waals surface area contributed by atoms with Crippen LogP contribution in [0.1, 0.15) is 5.69 Å². The van der Waals surface area contributed by atoms with E-state index in [0.29, 0.717) is 16.9 Å². The van der Waals surface area contributed by atoms with Crippen molar-refractivity contribution < 1.29 is 0 Å². The van der Waals surface area contributed by atoms with Gasteiger partial charge in [-0.15, -0.1) is 0 Å². The average Bonchev–Trinajstić information content (AvgIpc) is 3.05. The summed E-state index contributed by atoms with van der Waals surface area (Å²) in [5.41, 5.74) is 1.89. The molecule has 0 amide bonds. The van der Waals surface area contributed by atoms with E-state index in [1.54, 1.807) is 11.4 Å². The van der Waals surface area contributed by atoms with Crippen LogP contribution in [0.4, 0.5) is 0 Å². The number of hydrogen-bond acceptors (Lipinski definition) is 3. The van der Waals surface area contributed by atoms with E-state index in [1.165, 1.54) is 11.6 Å². The Hall–Kier alpha value is -2.61. The third-order valence-corrected chi connectivity index (χ3v) is 4.70. The van der Waals surface area contributed by atoms with Crippen LogP contribution in [0.2, 0.25) is 0 Å². The molecule has 7 nitrogen and oxygen atoms in total. The van der Waals surface area contributed by atoms with E-state index in [4.69, 9.17) is 0 Å². The summed E-state index contributed by atoms with van der Waals surface area (Å²) in [6.07, 6.45) is 1.86. The molecule has 3 aromatic heterocycles. The van der Waals surface area contributed by atoms with Crippen molar-refractivity contribution in [3.8, 4) is 5.69 Å². The molecule has 0 aliphatic heterocycles. The third-order valence-electron chi connectivity index (χ3n) is 4.21. The maximum atomic E-state index is 12.6. The summed E-state index contributed by atoms with van der Waals surface area (Å²) in [6.45, 7) is 1.95. The molecule has 24 heavy (non-hydrogen) atoms. The monoisotopic (exact) mass is 387 g/mol. The van der Waals surface area contributed by atoms with Crippen LogP contribution in [0.15, 0.2) is 44.5 Å². The minimum atomic E-state index is -0.390. The molecule has 0 atom stereocenters. The number of fused-ring (bicyclic) bond motifs is 3. The van der Waals surface area contributed by atoms with E-state index < -0.39 is 0 Å². The molecule has 8 heteroatoms. The van der Waals surface area contributed by atoms with E-state index in [-0.39, 0.29) is 11.2 Å². The fraction of sp³-hybridized carbons (Fsp3) is 0.188. The number of benzene rings is 1. The lowest BCUT2D eigenvalue weighted by molar-refractivity contribution is 0.708. The van der Waals surface area contributed by atoms with Crippen molar-refractivity contribution in [3.63, 3.8) is 0 Å². The highest BCUT2D eigenvalue weighted by atomic mass is 79.9. The fourth-order valence-electron chi connectivity index (χ4n) is 3.02. The van der Waals surface area contributed by atoms with Crippen molar-refractivity contribution in [1.82, 2.24) is 23.1 Å². The summed E-state index contributed by atoms with van der Waals surface area (Å²) in [6, 6.07) is 7.82. The Kier molecular flexibility index (Phi) is 3.08. The lowest BCUT2D eigenvalue weighted by Crippen LogP contribution is -2.37. The molecule has 0 saturated carbocycles. The Morgan fingerprint density at radius 1 is 1.12 bits per heavy atom. The van der Waals surface area contributed by atoms with E-state index in [9.17, 15) is 9.59 Å². The van der Waals surface area contributed by atoms with Gasteiger partial charge in [0.15, 0.2) is 11.2 Å². The van der Waals surface area contributed by atoms with Crippen molar-refractivity contribution >= 4 is 32.9 Å². The van der Waals surface area contributed by atoms with Gasteiger partial charge in [-0.2, -0.15) is 4.98 Å². The van der Waals surface area contributed by atoms with E-state index in [0.717, 1.165) is 20.4 Å². The van der Waals surface area contributed by atoms with Gasteiger partial charge in [0.25, 0.3) is 5.56 Å². The molecule has 1 aromatic carbocycles. The predicted molar refractivity (Wildman–Crippen MR) is 94.9 cm³/mol. The first-order chi connectivity index (χ1) is 11.4. The standard InChI is InChI=1S/C16H14BrN5O2/c1-9-8-21-12-13(19(2)16(24)20(3)14(12)23)18-15(21)22(9)11-6-4-5-10(17)7-11/h4-8H,1-3H3. The van der Waals surface area contributed by atoms with Gasteiger partial charge in [-0.25, -0.2) is 4.79 Å². The quantitative estimate of drug-likeness (QED) is 0.499. The van der Waals surface area contributed by atoms with Crippen LogP contribution in [0.25, 0.3) is 22.6 Å². The molecule has 4 rings (SSSR count). The number of nitrogens with zero attached hydrogens (tertiary/aromatic N) is 5. The molecule has 0 aliphatic carbocycles. The third kappa shape index (κ3) is 1.86. The normalized spacial score (nSPS) is 11.7. The second kappa shape index (κ2) is 4.94. The largest absolute Gasteiger partial charge is 0.332 e. The molecule has 0 saturated heterocycles. The minimum absolute atomic E-state index is 0.355. The van der Waals surface area contributed by atoms with Crippen molar-refractivity contribution in [2.75, 3.05) is 0 Å². The molecule has 122 valence electrons. The topological polar surface area (TPSA) is 66.2 Å². The van der Waals surface area contributed by atoms with Crippen LogP contribution < -0.4 is 11.2 Å². The minimum Gasteiger partial charge on any atom is -0.283 e. The van der Waals surface area contributed by atoms with Crippen molar-refractivity contribution in [3.05, 3.63) is 61.5 Å². The number of imidazole rings is 2. The fourth-order valence-corrected chi connectivity index (χ4v) is 3.41. The SMILES string of the molecule is Cc1cn2c3c(=O)n(C)c(=O)n(C)c3nc2n1-c1cccc(Br)c1. The molecule has 0 fully saturated rings. The average molecular weight is 388 g/mol. The number of halogens is 1. The maximum Gasteiger partial charge on any atom is 0.332 e. The Bertz CT molecular complexity index is 1240. The lowest BCUT2D eigenvalue weighted by Gasteiger charge is -2.06. The highest BCUT2D eigenvalue weighted by molar-refractivity contribution is 9.10. The maximum absolute atomic E-state index is 12.6. The molecule has 0 unspecified atom stereocenters. The molecule has 0 aliphatic rings. The lowest BCUT2D eigenvalue weighted by atomic mass is 10.3. The van der Waals surface area contributed by atoms with Gasteiger partial charge >= 0.3 is 5.69 Å². The first kappa shape index (κ1) is 14.9. The van der Waals surface area contributed by atoms with E-state index in [1.807, 2.05) is 42.0 Å². The highest BCUT2D eigenvalue weighted by Crippen LogP contribution is 2.22. The molecule has 0 bridgehead atoms. The van der Waals surface area contributed by atoms with E-state index >= 15 is 0 Å². The molecular formula is C16H14BrN5O2. The molecule has 0 N–H and O–H groups in total. The molecule has 4 aromatic rings. The van der Waals surface area contributed by atoms with Gasteiger partial charge in [0.2, 0.25) is 5.78 Å². The van der Waals surface area contributed by atoms with Crippen LogP contribution in [0.5, 0.6) is 0 Å². The molecular weight excluding hydrogens is 374 g/mol. The number of aryl methyl sites for hydroxylation is 2. The summed E-state index contributed by atoms with van der Waals surface area (Å²) in [7, 11) is 3.09. The number of rotatable bonds is 1. The first-order valence-corrected chi connectivity index (χ1v) is 8.11. The van der Waals surface area contributed by atoms with Gasteiger partial charge in [0.05, 0.1) is 0 Å². The molecule has 3 heterocycles. The zero-order chi connectivity index (χ0) is 17.2. The van der Waals surface area contributed by atoms with Crippen LogP contribution >= 0.6 is 15.9 Å². The smallest absolute Gasteiger partial charge is 0.283 e. The predicted octanol–water partition coefficient (Wildman–Crippen LogP) is 1.75. The second-order valence-corrected chi connectivity index (χ2v) is 6.66. The Balaban J connectivity index is 2.21. The van der Waals surface area contributed by atoms with Gasteiger partial charge < -0.3 is 0 Å². The van der Waals surface area contributed by atoms with Gasteiger partial charge in [-0.3, -0.25) is 22.9 Å². The van der Waals surface area contributed by atoms with Crippen LogP contribution in [0.3, 0.4) is 0 Å². The Labute approximate surface area is 144 Å². The van der Waals surface area contributed by atoms with Gasteiger partial charge in [0.1, 0.15) is 0 Å². The van der Waals surface area contributed by atoms with E-state index in [2.05, 4.69) is 20.9 Å². The van der Waals surface area contributed by atoms with Crippen LogP contribution in [-0.4, -0.2) is 23.1 Å². The molecule has 0 spiro atoms. The summed E-state index contributed by atoms with van der Waals surface area (Å²) in [5, 5.41) is 0. The summed E-state index contributed by atoms with van der Waals surface area (Å²) < 4.78 is 7.14. The van der Waals surface area contributed by atoms with Crippen LogP contribution in [-0.2, 0) is 14.1 Å². The Morgan fingerprint density at radius 2 is 1.88 bits per heavy atom. The van der Waals surface area contributed by atoms with Crippen molar-refractivity contribution in [1.29, 1.82) is 0 Å². The zero-order valence-corrected chi connectivity index (χ0v) is 14.9. The summed E-state index contributed by atoms with van der Waals surface area (Å²) in [5.74, 6) is 0.596. The first-order valence-electron chi connectivity index (χ1n) is 7.32. The van der Waals surface area contributed by atoms with Gasteiger partial charge in [0, 0.05) is 36.1 Å². The highest BCUT2D eigenvalue weighted by Gasteiger charge is 2.19. The Morgan fingerprint density at radius 3 is 2.58 bits per heavy atom. The second-order valence-electron chi connectivity index (χ2n) is 5.75. The number of hydrogen-bond donors (Lipinski definition) is 0. The zero-order valence-electron chi connectivity index (χ0n) is 13.3. The summed E-state index contributed by atoms with van der Waals surface area (Å²) >= 11 is 3.47. The van der Waals surface area contributed by atoms with Gasteiger partial charge in [-0.1, -0.05) is 22.0 Å². The van der Waals surface area contributed by atoms with Crippen molar-refractivity contribution in [2.24, 2.45) is 14.1 Å². The molecule has 0 radical (unpaired) electrons. The summed E-state index contributed by atoms with van der Waals surface area (Å²) in [4.78, 5) is 29.3. The van der Waals surface area contributed by atoms with Gasteiger partial charge in [-0.05, 0) is 25.1 Å². The number of aromatic nitrogens is 5. The van der Waals surface area contributed by atoms with Crippen molar-refractivity contribution in [2.45, 2.75) is 6.92 Å².